The van der Waals surface area contributed by atoms with Gasteiger partial charge in [-0.1, -0.05) is 13.8 Å². The van der Waals surface area contributed by atoms with Crippen molar-refractivity contribution in [2.24, 2.45) is 5.92 Å². The minimum Gasteiger partial charge on any atom is -0.284 e. The molecule has 0 radical (unpaired) electrons. The van der Waals surface area contributed by atoms with Gasteiger partial charge < -0.3 is 0 Å². The number of carbonyl (C=O) groups excluding carboxylic acids is 1. The van der Waals surface area contributed by atoms with Gasteiger partial charge in [0, 0.05) is 18.0 Å². The van der Waals surface area contributed by atoms with E-state index in [2.05, 4.69) is 0 Å². The van der Waals surface area contributed by atoms with Crippen molar-refractivity contribution >= 4 is 15.9 Å². The first kappa shape index (κ1) is 17.9. The van der Waals surface area contributed by atoms with E-state index in [0.717, 1.165) is 10.6 Å². The first-order chi connectivity index (χ1) is 11.2. The summed E-state index contributed by atoms with van der Waals surface area (Å²) in [6, 6.07) is 7.51. The lowest BCUT2D eigenvalue weighted by atomic mass is 10.2. The number of rotatable bonds is 5. The van der Waals surface area contributed by atoms with Gasteiger partial charge in [-0.3, -0.25) is 14.2 Å². The highest BCUT2D eigenvalue weighted by molar-refractivity contribution is 7.90. The van der Waals surface area contributed by atoms with Gasteiger partial charge in [0.2, 0.25) is 10.0 Å². The van der Waals surface area contributed by atoms with Crippen LogP contribution in [0.15, 0.2) is 47.4 Å². The van der Waals surface area contributed by atoms with E-state index in [1.54, 1.807) is 13.8 Å². The van der Waals surface area contributed by atoms with Gasteiger partial charge in [0.1, 0.15) is 5.82 Å². The molecule has 8 heteroatoms. The molecule has 128 valence electrons. The van der Waals surface area contributed by atoms with E-state index in [0.29, 0.717) is 5.69 Å². The van der Waals surface area contributed by atoms with Crippen LogP contribution in [-0.2, 0) is 10.0 Å². The van der Waals surface area contributed by atoms with Crippen LogP contribution in [0, 0.1) is 11.7 Å². The molecular weight excluding hydrogens is 335 g/mol. The molecule has 0 spiro atoms. The van der Waals surface area contributed by atoms with E-state index >= 15 is 0 Å². The number of sulfonamides is 1. The quantitative estimate of drug-likeness (QED) is 0.887. The lowest BCUT2D eigenvalue weighted by molar-refractivity contribution is 0.0980. The largest absolute Gasteiger partial charge is 0.284 e. The summed E-state index contributed by atoms with van der Waals surface area (Å²) in [5, 5.41) is 0. The lowest BCUT2D eigenvalue weighted by Crippen LogP contribution is -2.34. The molecule has 1 amide bonds. The molecular formula is C16H17FN2O4S. The summed E-state index contributed by atoms with van der Waals surface area (Å²) in [4.78, 5) is 24.1. The molecule has 1 aromatic carbocycles. The fraction of sp³-hybridized carbons (Fsp3) is 0.250. The van der Waals surface area contributed by atoms with Crippen LogP contribution in [-0.4, -0.2) is 24.6 Å². The third-order valence-corrected chi connectivity index (χ3v) is 4.68. The first-order valence-corrected chi connectivity index (χ1v) is 8.86. The van der Waals surface area contributed by atoms with E-state index in [9.17, 15) is 22.4 Å². The van der Waals surface area contributed by atoms with Crippen molar-refractivity contribution in [2.45, 2.75) is 13.8 Å². The van der Waals surface area contributed by atoms with Crippen molar-refractivity contribution in [1.82, 2.24) is 9.29 Å². The number of nitrogens with one attached hydrogen (secondary N) is 1. The van der Waals surface area contributed by atoms with Crippen LogP contribution in [0.3, 0.4) is 0 Å². The Bertz CT molecular complexity index is 902. The second-order valence-electron chi connectivity index (χ2n) is 5.71. The van der Waals surface area contributed by atoms with E-state index in [-0.39, 0.29) is 17.2 Å². The normalized spacial score (nSPS) is 11.5. The maximum atomic E-state index is 13.0. The Morgan fingerprint density at radius 3 is 2.38 bits per heavy atom. The maximum Gasteiger partial charge on any atom is 0.266 e. The van der Waals surface area contributed by atoms with Crippen LogP contribution in [0.1, 0.15) is 24.2 Å². The van der Waals surface area contributed by atoms with Crippen LogP contribution < -0.4 is 10.3 Å². The molecule has 24 heavy (non-hydrogen) atoms. The standard InChI is InChI=1S/C16H17FN2O4S/c1-11(2)10-24(22,23)18-16(21)12-3-8-15(20)19(9-12)14-6-4-13(17)5-7-14/h3-9,11H,10H2,1-2H3,(H,18,21). The Hall–Kier alpha value is -2.48. The summed E-state index contributed by atoms with van der Waals surface area (Å²) >= 11 is 0. The predicted octanol–water partition coefficient (Wildman–Crippen LogP) is 1.69. The molecule has 1 N–H and O–H groups in total. The first-order valence-electron chi connectivity index (χ1n) is 7.21. The molecule has 6 nitrogen and oxygen atoms in total. The Labute approximate surface area is 139 Å². The number of hydrogen-bond acceptors (Lipinski definition) is 4. The van der Waals surface area contributed by atoms with E-state index in [4.69, 9.17) is 0 Å². The van der Waals surface area contributed by atoms with Gasteiger partial charge in [-0.15, -0.1) is 0 Å². The minimum atomic E-state index is -3.76. The SMILES string of the molecule is CC(C)CS(=O)(=O)NC(=O)c1ccc(=O)n(-c2ccc(F)cc2)c1. The third-order valence-electron chi connectivity index (χ3n) is 3.08. The number of aromatic nitrogens is 1. The maximum absolute atomic E-state index is 13.0. The van der Waals surface area contributed by atoms with E-state index < -0.39 is 27.3 Å². The van der Waals surface area contributed by atoms with Gasteiger partial charge in [-0.2, -0.15) is 0 Å². The smallest absolute Gasteiger partial charge is 0.266 e. The zero-order valence-electron chi connectivity index (χ0n) is 13.2. The number of carbonyl (C=O) groups is 1. The molecule has 2 rings (SSSR count). The van der Waals surface area contributed by atoms with Crippen molar-refractivity contribution in [2.75, 3.05) is 5.75 Å². The Morgan fingerprint density at radius 2 is 1.79 bits per heavy atom. The molecule has 0 fully saturated rings. The highest BCUT2D eigenvalue weighted by Crippen LogP contribution is 2.08. The Kier molecular flexibility index (Phi) is 5.18. The molecule has 0 aliphatic carbocycles. The molecule has 0 aliphatic rings. The van der Waals surface area contributed by atoms with Crippen LogP contribution in [0.25, 0.3) is 5.69 Å². The monoisotopic (exact) mass is 352 g/mol. The van der Waals surface area contributed by atoms with Crippen molar-refractivity contribution in [3.05, 3.63) is 64.3 Å². The summed E-state index contributed by atoms with van der Waals surface area (Å²) in [5.74, 6) is -1.61. The zero-order chi connectivity index (χ0) is 17.9. The second kappa shape index (κ2) is 6.96. The van der Waals surface area contributed by atoms with Gasteiger partial charge in [-0.05, 0) is 36.2 Å². The van der Waals surface area contributed by atoms with Gasteiger partial charge >= 0.3 is 0 Å². The molecule has 0 saturated heterocycles. The topological polar surface area (TPSA) is 85.2 Å². The van der Waals surface area contributed by atoms with E-state index in [1.165, 1.54) is 36.5 Å². The Morgan fingerprint density at radius 1 is 1.17 bits per heavy atom. The molecule has 0 aliphatic heterocycles. The van der Waals surface area contributed by atoms with Crippen molar-refractivity contribution in [1.29, 1.82) is 0 Å². The van der Waals surface area contributed by atoms with Crippen LogP contribution >= 0.6 is 0 Å². The molecule has 0 bridgehead atoms. The summed E-state index contributed by atoms with van der Waals surface area (Å²) in [6.07, 6.45) is 1.22. The molecule has 0 atom stereocenters. The molecule has 0 unspecified atom stereocenters. The Balaban J connectivity index is 2.32. The second-order valence-corrected chi connectivity index (χ2v) is 7.48. The average Bonchev–Trinajstić information content (AvgIpc) is 2.46. The van der Waals surface area contributed by atoms with E-state index in [1.807, 2.05) is 4.72 Å². The van der Waals surface area contributed by atoms with Crippen LogP contribution in [0.5, 0.6) is 0 Å². The van der Waals surface area contributed by atoms with Crippen molar-refractivity contribution in [3.63, 3.8) is 0 Å². The van der Waals surface area contributed by atoms with Gasteiger partial charge in [0.15, 0.2) is 0 Å². The summed E-state index contributed by atoms with van der Waals surface area (Å²) < 4.78 is 39.8. The van der Waals surface area contributed by atoms with Gasteiger partial charge in [0.25, 0.3) is 11.5 Å². The minimum absolute atomic E-state index is 0.00579. The lowest BCUT2D eigenvalue weighted by Gasteiger charge is -2.10. The average molecular weight is 352 g/mol. The molecule has 1 aromatic heterocycles. The fourth-order valence-electron chi connectivity index (χ4n) is 2.11. The van der Waals surface area contributed by atoms with Gasteiger partial charge in [0.05, 0.1) is 11.3 Å². The third kappa shape index (κ3) is 4.51. The highest BCUT2D eigenvalue weighted by atomic mass is 32.2. The zero-order valence-corrected chi connectivity index (χ0v) is 14.0. The van der Waals surface area contributed by atoms with Crippen molar-refractivity contribution in [3.8, 4) is 5.69 Å². The molecule has 2 aromatic rings. The van der Waals surface area contributed by atoms with Crippen LogP contribution in [0.2, 0.25) is 0 Å². The van der Waals surface area contributed by atoms with Gasteiger partial charge in [-0.25, -0.2) is 17.5 Å². The fourth-order valence-corrected chi connectivity index (χ4v) is 3.47. The predicted molar refractivity (Wildman–Crippen MR) is 88.1 cm³/mol. The highest BCUT2D eigenvalue weighted by Gasteiger charge is 2.18. The summed E-state index contributed by atoms with van der Waals surface area (Å²) in [5.41, 5.74) is -0.0597. The molecule has 0 saturated carbocycles. The number of benzene rings is 1. The summed E-state index contributed by atoms with van der Waals surface area (Å²) in [6.45, 7) is 3.44. The number of amides is 1. The van der Waals surface area contributed by atoms with Crippen molar-refractivity contribution < 1.29 is 17.6 Å². The van der Waals surface area contributed by atoms with Crippen LogP contribution in [0.4, 0.5) is 4.39 Å². The summed E-state index contributed by atoms with van der Waals surface area (Å²) in [7, 11) is -3.76. The number of halogens is 1. The number of pyridine rings is 1. The molecule has 1 heterocycles. The number of hydrogen-bond donors (Lipinski definition) is 1. The number of nitrogens with zero attached hydrogens (tertiary/aromatic N) is 1.